The first-order valence-corrected chi connectivity index (χ1v) is 10.8. The molecule has 5 heteroatoms. The second-order valence-electron chi connectivity index (χ2n) is 7.83. The predicted octanol–water partition coefficient (Wildman–Crippen LogP) is 5.71. The summed E-state index contributed by atoms with van der Waals surface area (Å²) in [4.78, 5) is 18.0. The van der Waals surface area contributed by atoms with Gasteiger partial charge >= 0.3 is 0 Å². The maximum Gasteiger partial charge on any atom is 0.165 e. The van der Waals surface area contributed by atoms with Gasteiger partial charge < -0.3 is 5.32 Å². The molecule has 1 aliphatic carbocycles. The number of benzene rings is 1. The number of pyridine rings is 1. The van der Waals surface area contributed by atoms with E-state index < -0.39 is 5.54 Å². The van der Waals surface area contributed by atoms with Crippen molar-refractivity contribution in [3.63, 3.8) is 0 Å². The molecule has 0 aliphatic heterocycles. The van der Waals surface area contributed by atoms with Crippen LogP contribution in [0.2, 0.25) is 0 Å². The Morgan fingerprint density at radius 1 is 1.32 bits per heavy atom. The Kier molecular flexibility index (Phi) is 6.33. The molecule has 0 radical (unpaired) electrons. The quantitative estimate of drug-likeness (QED) is 0.427. The van der Waals surface area contributed by atoms with Gasteiger partial charge in [0.25, 0.3) is 0 Å². The fourth-order valence-corrected chi connectivity index (χ4v) is 4.40. The van der Waals surface area contributed by atoms with Crippen molar-refractivity contribution >= 4 is 27.5 Å². The van der Waals surface area contributed by atoms with Gasteiger partial charge in [-0.15, -0.1) is 0 Å². The number of carbonyl (C=O) groups excluding carboxylic acids is 1. The Morgan fingerprint density at radius 2 is 2.07 bits per heavy atom. The number of rotatable bonds is 7. The van der Waals surface area contributed by atoms with E-state index in [2.05, 4.69) is 39.2 Å². The van der Waals surface area contributed by atoms with Gasteiger partial charge in [0.15, 0.2) is 5.78 Å². The average Bonchev–Trinajstić information content (AvgIpc) is 2.64. The van der Waals surface area contributed by atoms with Crippen LogP contribution in [0, 0.1) is 17.2 Å². The van der Waals surface area contributed by atoms with Crippen LogP contribution >= 0.6 is 15.9 Å². The lowest BCUT2D eigenvalue weighted by Crippen LogP contribution is -2.59. The minimum atomic E-state index is -0.838. The highest BCUT2D eigenvalue weighted by Crippen LogP contribution is 2.45. The van der Waals surface area contributed by atoms with Crippen LogP contribution < -0.4 is 5.32 Å². The molecule has 0 saturated heterocycles. The van der Waals surface area contributed by atoms with Gasteiger partial charge in [0.2, 0.25) is 0 Å². The van der Waals surface area contributed by atoms with Crippen molar-refractivity contribution in [1.29, 1.82) is 5.41 Å². The SMILES string of the molecule is CC[C@@H](C)C(=O)C(NC(C)=N)(c1cccc(-c2cncc(Br)c2)c1)C1CCC1. The average molecular weight is 442 g/mol. The molecule has 1 fully saturated rings. The van der Waals surface area contributed by atoms with Crippen molar-refractivity contribution in [2.24, 2.45) is 11.8 Å². The van der Waals surface area contributed by atoms with E-state index in [9.17, 15) is 4.79 Å². The first-order chi connectivity index (χ1) is 13.4. The van der Waals surface area contributed by atoms with Crippen LogP contribution in [0.25, 0.3) is 11.1 Å². The number of carbonyl (C=O) groups is 1. The van der Waals surface area contributed by atoms with E-state index in [0.29, 0.717) is 5.84 Å². The third-order valence-electron chi connectivity index (χ3n) is 5.91. The highest BCUT2D eigenvalue weighted by atomic mass is 79.9. The van der Waals surface area contributed by atoms with Crippen LogP contribution in [0.5, 0.6) is 0 Å². The Labute approximate surface area is 175 Å². The number of aromatic nitrogens is 1. The van der Waals surface area contributed by atoms with Crippen LogP contribution in [0.1, 0.15) is 52.0 Å². The van der Waals surface area contributed by atoms with Gasteiger partial charge in [-0.3, -0.25) is 15.2 Å². The topological polar surface area (TPSA) is 65.8 Å². The predicted molar refractivity (Wildman–Crippen MR) is 117 cm³/mol. The third kappa shape index (κ3) is 3.90. The number of amidine groups is 1. The smallest absolute Gasteiger partial charge is 0.165 e. The van der Waals surface area contributed by atoms with Gasteiger partial charge in [0.05, 0.1) is 5.84 Å². The van der Waals surface area contributed by atoms with E-state index >= 15 is 0 Å². The minimum absolute atomic E-state index is 0.0661. The summed E-state index contributed by atoms with van der Waals surface area (Å²) in [7, 11) is 0. The van der Waals surface area contributed by atoms with Gasteiger partial charge in [-0.25, -0.2) is 0 Å². The van der Waals surface area contributed by atoms with Gasteiger partial charge in [0, 0.05) is 28.3 Å². The van der Waals surface area contributed by atoms with Crippen molar-refractivity contribution in [3.05, 3.63) is 52.8 Å². The molecular weight excluding hydrogens is 414 g/mol. The molecule has 1 saturated carbocycles. The second kappa shape index (κ2) is 8.56. The molecule has 0 amide bonds. The number of hydrogen-bond donors (Lipinski definition) is 2. The number of ketones is 1. The summed E-state index contributed by atoms with van der Waals surface area (Å²) < 4.78 is 0.921. The van der Waals surface area contributed by atoms with E-state index in [-0.39, 0.29) is 17.6 Å². The molecule has 1 unspecified atom stereocenters. The molecule has 1 aromatic carbocycles. The zero-order valence-electron chi connectivity index (χ0n) is 16.8. The van der Waals surface area contributed by atoms with Gasteiger partial charge in [-0.05, 0) is 71.3 Å². The molecule has 0 bridgehead atoms. The number of halogens is 1. The van der Waals surface area contributed by atoms with Crippen molar-refractivity contribution < 1.29 is 4.79 Å². The number of Topliss-reactive ketones (excluding diaryl/α,β-unsaturated/α-hetero) is 1. The molecule has 1 aliphatic rings. The van der Waals surface area contributed by atoms with Crippen LogP contribution in [0.4, 0.5) is 0 Å². The summed E-state index contributed by atoms with van der Waals surface area (Å²) in [5.41, 5.74) is 2.14. The molecule has 2 N–H and O–H groups in total. The van der Waals surface area contributed by atoms with E-state index in [4.69, 9.17) is 5.41 Å². The van der Waals surface area contributed by atoms with Crippen LogP contribution in [0.3, 0.4) is 0 Å². The molecule has 148 valence electrons. The molecule has 0 spiro atoms. The van der Waals surface area contributed by atoms with Gasteiger partial charge in [-0.1, -0.05) is 38.5 Å². The van der Waals surface area contributed by atoms with Crippen molar-refractivity contribution in [1.82, 2.24) is 10.3 Å². The standard InChI is InChI=1S/C23H28BrN3O/c1-4-15(2)22(28)23(27-16(3)25,19-8-6-9-19)20-10-5-7-17(11-20)18-12-21(24)14-26-13-18/h5,7,10-15,19H,4,6,8-9H2,1-3H3,(H2,25,27)/t15-,23?/m1/s1. The normalized spacial score (nSPS) is 17.3. The Hall–Kier alpha value is -2.01. The molecule has 1 heterocycles. The van der Waals surface area contributed by atoms with Crippen LogP contribution in [-0.4, -0.2) is 16.6 Å². The summed E-state index contributed by atoms with van der Waals surface area (Å²) in [5.74, 6) is 0.669. The minimum Gasteiger partial charge on any atom is -0.358 e. The second-order valence-corrected chi connectivity index (χ2v) is 8.75. The molecule has 2 aromatic rings. The van der Waals surface area contributed by atoms with Crippen LogP contribution in [-0.2, 0) is 10.3 Å². The van der Waals surface area contributed by atoms with Crippen LogP contribution in [0.15, 0.2) is 47.2 Å². The van der Waals surface area contributed by atoms with Gasteiger partial charge in [-0.2, -0.15) is 0 Å². The first-order valence-electron chi connectivity index (χ1n) is 9.97. The molecular formula is C23H28BrN3O. The zero-order valence-corrected chi connectivity index (χ0v) is 18.3. The van der Waals surface area contributed by atoms with Crippen molar-refractivity contribution in [2.45, 2.75) is 52.0 Å². The summed E-state index contributed by atoms with van der Waals surface area (Å²) in [5, 5.41) is 11.5. The number of nitrogens with one attached hydrogen (secondary N) is 2. The molecule has 1 aromatic heterocycles. The largest absolute Gasteiger partial charge is 0.358 e. The molecule has 2 atom stereocenters. The summed E-state index contributed by atoms with van der Waals surface area (Å²) in [6, 6.07) is 10.2. The summed E-state index contributed by atoms with van der Waals surface area (Å²) in [6.45, 7) is 5.77. The molecule has 28 heavy (non-hydrogen) atoms. The Balaban J connectivity index is 2.16. The van der Waals surface area contributed by atoms with Crippen molar-refractivity contribution in [2.75, 3.05) is 0 Å². The highest BCUT2D eigenvalue weighted by Gasteiger charge is 2.50. The highest BCUT2D eigenvalue weighted by molar-refractivity contribution is 9.10. The molecule has 3 rings (SSSR count). The summed E-state index contributed by atoms with van der Waals surface area (Å²) in [6.07, 6.45) is 7.53. The monoisotopic (exact) mass is 441 g/mol. The lowest BCUT2D eigenvalue weighted by Gasteiger charge is -2.46. The number of nitrogens with zero attached hydrogens (tertiary/aromatic N) is 1. The fraction of sp³-hybridized carbons (Fsp3) is 0.435. The van der Waals surface area contributed by atoms with E-state index in [1.165, 1.54) is 0 Å². The van der Waals surface area contributed by atoms with E-state index in [0.717, 1.165) is 46.8 Å². The third-order valence-corrected chi connectivity index (χ3v) is 6.34. The van der Waals surface area contributed by atoms with E-state index in [1.54, 1.807) is 13.1 Å². The maximum atomic E-state index is 13.7. The van der Waals surface area contributed by atoms with Crippen molar-refractivity contribution in [3.8, 4) is 11.1 Å². The lowest BCUT2D eigenvalue weighted by molar-refractivity contribution is -0.132. The summed E-state index contributed by atoms with van der Waals surface area (Å²) >= 11 is 3.49. The number of hydrogen-bond acceptors (Lipinski definition) is 3. The van der Waals surface area contributed by atoms with E-state index in [1.807, 2.05) is 37.4 Å². The lowest BCUT2D eigenvalue weighted by atomic mass is 9.63. The Bertz CT molecular complexity index is 878. The maximum absolute atomic E-state index is 13.7. The first kappa shape index (κ1) is 20.7. The Morgan fingerprint density at radius 3 is 2.64 bits per heavy atom. The van der Waals surface area contributed by atoms with Gasteiger partial charge in [0.1, 0.15) is 5.54 Å². The fourth-order valence-electron chi connectivity index (χ4n) is 4.04. The molecule has 4 nitrogen and oxygen atoms in total. The zero-order chi connectivity index (χ0) is 20.3.